The molecule has 1 aromatic rings. The Hall–Kier alpha value is -0.830. The molecule has 0 aromatic heterocycles. The first-order valence-electron chi connectivity index (χ1n) is 6.66. The Morgan fingerprint density at radius 3 is 2.79 bits per heavy atom. The van der Waals surface area contributed by atoms with Crippen LogP contribution in [0, 0.1) is 5.92 Å². The minimum atomic E-state index is -3.49. The van der Waals surface area contributed by atoms with Crippen LogP contribution in [-0.4, -0.2) is 24.8 Å². The van der Waals surface area contributed by atoms with Gasteiger partial charge in [-0.3, -0.25) is 4.57 Å². The van der Waals surface area contributed by atoms with Crippen molar-refractivity contribution in [1.29, 1.82) is 0 Å². The summed E-state index contributed by atoms with van der Waals surface area (Å²) < 4.78 is 22.2. The lowest BCUT2D eigenvalue weighted by Gasteiger charge is -2.20. The van der Waals surface area contributed by atoms with Crippen LogP contribution < -0.4 is 4.74 Å². The van der Waals surface area contributed by atoms with Crippen molar-refractivity contribution in [1.82, 2.24) is 0 Å². The van der Waals surface area contributed by atoms with Crippen molar-refractivity contribution in [2.24, 2.45) is 5.92 Å². The third kappa shape index (κ3) is 4.07. The lowest BCUT2D eigenvalue weighted by molar-refractivity contribution is 0.270. The van der Waals surface area contributed by atoms with Crippen molar-refractivity contribution in [3.8, 4) is 5.75 Å². The summed E-state index contributed by atoms with van der Waals surface area (Å²) in [4.78, 5) is 9.85. The first-order chi connectivity index (χ1) is 9.05. The summed E-state index contributed by atoms with van der Waals surface area (Å²) in [7, 11) is -1.87. The number of methoxy groups -OCH3 is 1. The van der Waals surface area contributed by atoms with Crippen LogP contribution in [0.5, 0.6) is 5.75 Å². The molecule has 2 atom stereocenters. The molecule has 5 heteroatoms. The monoisotopic (exact) mass is 284 g/mol. The van der Waals surface area contributed by atoms with E-state index >= 15 is 0 Å². The number of rotatable bonds is 7. The molecule has 0 saturated heterocycles. The van der Waals surface area contributed by atoms with E-state index in [1.165, 1.54) is 0 Å². The Balaban J connectivity index is 2.18. The molecule has 2 rings (SSSR count). The molecule has 1 aromatic carbocycles. The molecule has 1 aliphatic carbocycles. The lowest BCUT2D eigenvalue weighted by Crippen LogP contribution is -2.09. The zero-order chi connectivity index (χ0) is 13.9. The summed E-state index contributed by atoms with van der Waals surface area (Å²) in [5, 5.41) is 0. The molecule has 1 N–H and O–H groups in total. The Labute approximate surface area is 114 Å². The van der Waals surface area contributed by atoms with Crippen LogP contribution in [0.15, 0.2) is 24.3 Å². The summed E-state index contributed by atoms with van der Waals surface area (Å²) >= 11 is 0. The van der Waals surface area contributed by atoms with Gasteiger partial charge in [-0.25, -0.2) is 0 Å². The van der Waals surface area contributed by atoms with Gasteiger partial charge in [0.2, 0.25) is 0 Å². The van der Waals surface area contributed by atoms with Crippen molar-refractivity contribution in [3.63, 3.8) is 0 Å². The van der Waals surface area contributed by atoms with E-state index in [1.54, 1.807) is 14.0 Å². The van der Waals surface area contributed by atoms with Crippen molar-refractivity contribution in [3.05, 3.63) is 29.8 Å². The third-order valence-corrected chi connectivity index (χ3v) is 4.99. The molecule has 0 amide bonds. The Morgan fingerprint density at radius 1 is 1.47 bits per heavy atom. The van der Waals surface area contributed by atoms with Gasteiger partial charge in [-0.1, -0.05) is 12.1 Å². The van der Waals surface area contributed by atoms with Crippen molar-refractivity contribution >= 4 is 7.60 Å². The van der Waals surface area contributed by atoms with E-state index in [4.69, 9.17) is 9.26 Å². The number of benzene rings is 1. The highest BCUT2D eigenvalue weighted by Gasteiger charge is 2.37. The average Bonchev–Trinajstić information content (AvgIpc) is 3.20. The Morgan fingerprint density at radius 2 is 2.21 bits per heavy atom. The minimum absolute atomic E-state index is 0.0810. The van der Waals surface area contributed by atoms with Crippen LogP contribution in [0.3, 0.4) is 0 Å². The number of hydrogen-bond acceptors (Lipinski definition) is 3. The summed E-state index contributed by atoms with van der Waals surface area (Å²) in [5.41, 5.74) is 1.07. The SMILES string of the molecule is CCOP(=O)(O)C[C@H](c1cccc(OC)c1)C1CC1. The van der Waals surface area contributed by atoms with E-state index in [2.05, 4.69) is 0 Å². The van der Waals surface area contributed by atoms with Gasteiger partial charge in [-0.15, -0.1) is 0 Å². The maximum atomic E-state index is 12.0. The predicted molar refractivity (Wildman–Crippen MR) is 74.8 cm³/mol. The summed E-state index contributed by atoms with van der Waals surface area (Å²) in [6.07, 6.45) is 2.43. The van der Waals surface area contributed by atoms with Gasteiger partial charge >= 0.3 is 7.60 Å². The van der Waals surface area contributed by atoms with Gasteiger partial charge in [0.25, 0.3) is 0 Å². The van der Waals surface area contributed by atoms with Gasteiger partial charge < -0.3 is 14.2 Å². The van der Waals surface area contributed by atoms with Crippen LogP contribution in [0.2, 0.25) is 0 Å². The second-order valence-corrected chi connectivity index (χ2v) is 6.86. The lowest BCUT2D eigenvalue weighted by atomic mass is 9.96. The molecule has 1 saturated carbocycles. The maximum Gasteiger partial charge on any atom is 0.328 e. The van der Waals surface area contributed by atoms with E-state index in [0.29, 0.717) is 5.92 Å². The second kappa shape index (κ2) is 6.08. The van der Waals surface area contributed by atoms with E-state index < -0.39 is 7.60 Å². The molecule has 0 aliphatic heterocycles. The first kappa shape index (κ1) is 14.6. The molecule has 19 heavy (non-hydrogen) atoms. The zero-order valence-electron chi connectivity index (χ0n) is 11.4. The van der Waals surface area contributed by atoms with Gasteiger partial charge in [0.05, 0.1) is 19.9 Å². The van der Waals surface area contributed by atoms with Crippen molar-refractivity contribution < 1.29 is 18.7 Å². The largest absolute Gasteiger partial charge is 0.497 e. The Bertz CT molecular complexity index is 470. The fourth-order valence-electron chi connectivity index (χ4n) is 2.40. The zero-order valence-corrected chi connectivity index (χ0v) is 12.3. The topological polar surface area (TPSA) is 55.8 Å². The molecule has 4 nitrogen and oxygen atoms in total. The van der Waals surface area contributed by atoms with Crippen molar-refractivity contribution in [2.75, 3.05) is 19.9 Å². The first-order valence-corrected chi connectivity index (χ1v) is 8.42. The highest BCUT2D eigenvalue weighted by molar-refractivity contribution is 7.52. The average molecular weight is 284 g/mol. The standard InChI is InChI=1S/C14H21O4P/c1-3-18-19(15,16)10-14(11-7-8-11)12-5-4-6-13(9-12)17-2/h4-6,9,11,14H,3,7-8,10H2,1-2H3,(H,15,16)/t14-/m0/s1. The highest BCUT2D eigenvalue weighted by Crippen LogP contribution is 2.53. The number of ether oxygens (including phenoxy) is 1. The molecule has 106 valence electrons. The second-order valence-electron chi connectivity index (χ2n) is 4.96. The summed E-state index contributed by atoms with van der Waals surface area (Å²) in [6, 6.07) is 7.76. The van der Waals surface area contributed by atoms with E-state index in [-0.39, 0.29) is 18.7 Å². The van der Waals surface area contributed by atoms with Gasteiger partial charge in [-0.2, -0.15) is 0 Å². The van der Waals surface area contributed by atoms with Crippen LogP contribution in [0.25, 0.3) is 0 Å². The maximum absolute atomic E-state index is 12.0. The highest BCUT2D eigenvalue weighted by atomic mass is 31.2. The van der Waals surface area contributed by atoms with Gasteiger partial charge in [0, 0.05) is 0 Å². The quantitative estimate of drug-likeness (QED) is 0.779. The third-order valence-electron chi connectivity index (χ3n) is 3.47. The van der Waals surface area contributed by atoms with Crippen LogP contribution in [-0.2, 0) is 9.09 Å². The molecule has 0 spiro atoms. The molecule has 1 unspecified atom stereocenters. The Kier molecular flexibility index (Phi) is 4.67. The van der Waals surface area contributed by atoms with Gasteiger partial charge in [0.1, 0.15) is 5.75 Å². The van der Waals surface area contributed by atoms with Crippen LogP contribution >= 0.6 is 7.60 Å². The van der Waals surface area contributed by atoms with Crippen LogP contribution in [0.4, 0.5) is 0 Å². The summed E-state index contributed by atoms with van der Waals surface area (Å²) in [6.45, 7) is 2.00. The fourth-order valence-corrected chi connectivity index (χ4v) is 3.92. The molecule has 0 bridgehead atoms. The van der Waals surface area contributed by atoms with Crippen LogP contribution in [0.1, 0.15) is 31.2 Å². The van der Waals surface area contributed by atoms with Crippen molar-refractivity contribution in [2.45, 2.75) is 25.7 Å². The number of hydrogen-bond donors (Lipinski definition) is 1. The molecular formula is C14H21O4P. The molecule has 1 aliphatic rings. The molecular weight excluding hydrogens is 263 g/mol. The minimum Gasteiger partial charge on any atom is -0.497 e. The molecule has 1 fully saturated rings. The van der Waals surface area contributed by atoms with Gasteiger partial charge in [-0.05, 0) is 49.3 Å². The molecule has 0 radical (unpaired) electrons. The fraction of sp³-hybridized carbons (Fsp3) is 0.571. The predicted octanol–water partition coefficient (Wildman–Crippen LogP) is 3.41. The van der Waals surface area contributed by atoms with E-state index in [1.807, 2.05) is 24.3 Å². The molecule has 0 heterocycles. The normalized spacial score (nSPS) is 19.7. The van der Waals surface area contributed by atoms with E-state index in [0.717, 1.165) is 24.2 Å². The smallest absolute Gasteiger partial charge is 0.328 e. The van der Waals surface area contributed by atoms with E-state index in [9.17, 15) is 9.46 Å². The van der Waals surface area contributed by atoms with Gasteiger partial charge in [0.15, 0.2) is 0 Å². The summed E-state index contributed by atoms with van der Waals surface area (Å²) in [5.74, 6) is 1.36.